The summed E-state index contributed by atoms with van der Waals surface area (Å²) in [7, 11) is 0. The molecule has 0 fully saturated rings. The summed E-state index contributed by atoms with van der Waals surface area (Å²) in [6.45, 7) is 2.04. The van der Waals surface area contributed by atoms with Crippen molar-refractivity contribution in [2.45, 2.75) is 13.3 Å². The van der Waals surface area contributed by atoms with Gasteiger partial charge in [-0.2, -0.15) is 5.10 Å². The number of nitrogens with zero attached hydrogens (tertiary/aromatic N) is 3. The molecule has 0 saturated carbocycles. The molecule has 0 aliphatic rings. The molecular formula is C13H12N4O. The van der Waals surface area contributed by atoms with E-state index in [1.54, 1.807) is 0 Å². The first kappa shape index (κ1) is 10.7. The van der Waals surface area contributed by atoms with Gasteiger partial charge >= 0.3 is 0 Å². The SMILES string of the molecule is Cc1ccc(Cc2nn3cncc3c(=O)[nH]2)cc1. The van der Waals surface area contributed by atoms with Crippen molar-refractivity contribution in [2.75, 3.05) is 0 Å². The number of aromatic nitrogens is 4. The maximum absolute atomic E-state index is 11.7. The first-order valence-corrected chi connectivity index (χ1v) is 5.69. The second-order valence-electron chi connectivity index (χ2n) is 4.29. The third-order valence-electron chi connectivity index (χ3n) is 2.83. The number of hydrogen-bond donors (Lipinski definition) is 1. The largest absolute Gasteiger partial charge is 0.307 e. The van der Waals surface area contributed by atoms with Gasteiger partial charge in [-0.05, 0) is 12.5 Å². The Bertz CT molecular complexity index is 740. The molecule has 0 bridgehead atoms. The monoisotopic (exact) mass is 240 g/mol. The number of nitrogens with one attached hydrogen (secondary N) is 1. The molecule has 0 saturated heterocycles. The van der Waals surface area contributed by atoms with Crippen molar-refractivity contribution in [1.29, 1.82) is 0 Å². The molecule has 1 aromatic carbocycles. The number of H-pyrrole nitrogens is 1. The number of fused-ring (bicyclic) bond motifs is 1. The fraction of sp³-hybridized carbons (Fsp3) is 0.154. The van der Waals surface area contributed by atoms with E-state index in [4.69, 9.17) is 0 Å². The van der Waals surface area contributed by atoms with Crippen LogP contribution in [0.25, 0.3) is 5.52 Å². The van der Waals surface area contributed by atoms with Crippen LogP contribution in [0, 0.1) is 6.92 Å². The van der Waals surface area contributed by atoms with Gasteiger partial charge in [-0.3, -0.25) is 4.79 Å². The molecule has 3 rings (SSSR count). The van der Waals surface area contributed by atoms with Gasteiger partial charge in [0.25, 0.3) is 5.56 Å². The summed E-state index contributed by atoms with van der Waals surface area (Å²) in [5.41, 5.74) is 2.63. The van der Waals surface area contributed by atoms with Gasteiger partial charge in [0.15, 0.2) is 0 Å². The molecule has 0 spiro atoms. The van der Waals surface area contributed by atoms with E-state index in [2.05, 4.69) is 15.1 Å². The molecule has 90 valence electrons. The normalized spacial score (nSPS) is 10.9. The van der Waals surface area contributed by atoms with Gasteiger partial charge in [-0.1, -0.05) is 29.8 Å². The van der Waals surface area contributed by atoms with E-state index in [1.807, 2.05) is 31.2 Å². The molecule has 0 atom stereocenters. The molecule has 5 heteroatoms. The van der Waals surface area contributed by atoms with Crippen LogP contribution in [-0.2, 0) is 6.42 Å². The Kier molecular flexibility index (Phi) is 2.44. The predicted octanol–water partition coefficient (Wildman–Crippen LogP) is 1.32. The second-order valence-corrected chi connectivity index (χ2v) is 4.29. The third-order valence-corrected chi connectivity index (χ3v) is 2.83. The quantitative estimate of drug-likeness (QED) is 0.734. The minimum Gasteiger partial charge on any atom is -0.307 e. The highest BCUT2D eigenvalue weighted by Gasteiger charge is 2.04. The standard InChI is InChI=1S/C13H12N4O/c1-9-2-4-10(5-3-9)6-12-15-13(18)11-7-14-8-17(11)16-12/h2-5,7-8H,6H2,1H3,(H,15,16,18). The van der Waals surface area contributed by atoms with Crippen LogP contribution in [0.1, 0.15) is 17.0 Å². The van der Waals surface area contributed by atoms with Crippen molar-refractivity contribution >= 4 is 5.52 Å². The minimum atomic E-state index is -0.162. The van der Waals surface area contributed by atoms with Crippen molar-refractivity contribution in [2.24, 2.45) is 0 Å². The number of aryl methyl sites for hydroxylation is 1. The summed E-state index contributed by atoms with van der Waals surface area (Å²) in [4.78, 5) is 18.4. The van der Waals surface area contributed by atoms with E-state index in [9.17, 15) is 4.79 Å². The molecule has 0 amide bonds. The Morgan fingerprint density at radius 2 is 2.06 bits per heavy atom. The Labute approximate surface area is 103 Å². The van der Waals surface area contributed by atoms with Crippen LogP contribution in [-0.4, -0.2) is 19.6 Å². The zero-order chi connectivity index (χ0) is 12.5. The maximum atomic E-state index is 11.7. The van der Waals surface area contributed by atoms with Crippen molar-refractivity contribution in [3.63, 3.8) is 0 Å². The van der Waals surface area contributed by atoms with Crippen molar-refractivity contribution in [3.05, 3.63) is 64.1 Å². The topological polar surface area (TPSA) is 63.1 Å². The Morgan fingerprint density at radius 3 is 2.83 bits per heavy atom. The average molecular weight is 240 g/mol. The molecule has 2 heterocycles. The summed E-state index contributed by atoms with van der Waals surface area (Å²) in [6.07, 6.45) is 3.63. The lowest BCUT2D eigenvalue weighted by Gasteiger charge is -2.02. The van der Waals surface area contributed by atoms with Crippen LogP contribution in [0.3, 0.4) is 0 Å². The fourth-order valence-corrected chi connectivity index (χ4v) is 1.86. The van der Waals surface area contributed by atoms with Crippen molar-refractivity contribution in [1.82, 2.24) is 19.6 Å². The smallest absolute Gasteiger partial charge is 0.276 e. The molecule has 3 aromatic rings. The van der Waals surface area contributed by atoms with E-state index >= 15 is 0 Å². The van der Waals surface area contributed by atoms with Crippen LogP contribution in [0.2, 0.25) is 0 Å². The first-order valence-electron chi connectivity index (χ1n) is 5.69. The zero-order valence-corrected chi connectivity index (χ0v) is 9.92. The lowest BCUT2D eigenvalue weighted by atomic mass is 10.1. The summed E-state index contributed by atoms with van der Waals surface area (Å²) < 4.78 is 1.50. The molecule has 0 aliphatic carbocycles. The summed E-state index contributed by atoms with van der Waals surface area (Å²) >= 11 is 0. The maximum Gasteiger partial charge on any atom is 0.276 e. The van der Waals surface area contributed by atoms with Crippen LogP contribution >= 0.6 is 0 Å². The Morgan fingerprint density at radius 1 is 1.28 bits per heavy atom. The number of imidazole rings is 1. The lowest BCUT2D eigenvalue weighted by Crippen LogP contribution is -2.15. The van der Waals surface area contributed by atoms with E-state index in [-0.39, 0.29) is 5.56 Å². The summed E-state index contributed by atoms with van der Waals surface area (Å²) in [6, 6.07) is 8.16. The van der Waals surface area contributed by atoms with E-state index in [0.29, 0.717) is 17.8 Å². The van der Waals surface area contributed by atoms with Gasteiger partial charge in [0.05, 0.1) is 6.20 Å². The number of benzene rings is 1. The van der Waals surface area contributed by atoms with Crippen LogP contribution in [0.5, 0.6) is 0 Å². The molecule has 0 aliphatic heterocycles. The average Bonchev–Trinajstić information content (AvgIpc) is 2.81. The van der Waals surface area contributed by atoms with Gasteiger partial charge in [0.1, 0.15) is 17.7 Å². The molecule has 0 unspecified atom stereocenters. The van der Waals surface area contributed by atoms with Gasteiger partial charge in [-0.15, -0.1) is 0 Å². The zero-order valence-electron chi connectivity index (χ0n) is 9.92. The van der Waals surface area contributed by atoms with Crippen molar-refractivity contribution < 1.29 is 0 Å². The van der Waals surface area contributed by atoms with Crippen LogP contribution < -0.4 is 5.56 Å². The van der Waals surface area contributed by atoms with Gasteiger partial charge in [0.2, 0.25) is 0 Å². The lowest BCUT2D eigenvalue weighted by molar-refractivity contribution is 0.807. The third kappa shape index (κ3) is 1.90. The summed E-state index contributed by atoms with van der Waals surface area (Å²) in [5.74, 6) is 0.634. The molecule has 2 aromatic heterocycles. The molecular weight excluding hydrogens is 228 g/mol. The van der Waals surface area contributed by atoms with E-state index in [0.717, 1.165) is 5.56 Å². The highest BCUT2D eigenvalue weighted by Crippen LogP contribution is 2.06. The van der Waals surface area contributed by atoms with Gasteiger partial charge < -0.3 is 4.98 Å². The Hall–Kier alpha value is -2.43. The van der Waals surface area contributed by atoms with Crippen molar-refractivity contribution in [3.8, 4) is 0 Å². The highest BCUT2D eigenvalue weighted by molar-refractivity contribution is 5.40. The van der Waals surface area contributed by atoms with Crippen LogP contribution in [0.15, 0.2) is 41.6 Å². The number of rotatable bonds is 2. The highest BCUT2D eigenvalue weighted by atomic mass is 16.1. The minimum absolute atomic E-state index is 0.162. The second kappa shape index (κ2) is 4.10. The summed E-state index contributed by atoms with van der Waals surface area (Å²) in [5, 5.41) is 4.31. The molecule has 0 radical (unpaired) electrons. The van der Waals surface area contributed by atoms with Gasteiger partial charge in [0, 0.05) is 6.42 Å². The van der Waals surface area contributed by atoms with E-state index in [1.165, 1.54) is 22.6 Å². The van der Waals surface area contributed by atoms with E-state index < -0.39 is 0 Å². The molecule has 18 heavy (non-hydrogen) atoms. The fourth-order valence-electron chi connectivity index (χ4n) is 1.86. The van der Waals surface area contributed by atoms with Gasteiger partial charge in [-0.25, -0.2) is 9.50 Å². The predicted molar refractivity (Wildman–Crippen MR) is 67.6 cm³/mol. The number of hydrogen-bond acceptors (Lipinski definition) is 3. The van der Waals surface area contributed by atoms with Crippen LogP contribution in [0.4, 0.5) is 0 Å². The Balaban J connectivity index is 1.99. The molecule has 1 N–H and O–H groups in total. The first-order chi connectivity index (χ1) is 8.72. The number of aromatic amines is 1. The molecule has 5 nitrogen and oxygen atoms in total.